The molecule has 6 heteroatoms. The molecular weight excluding hydrogens is 256 g/mol. The van der Waals surface area contributed by atoms with Gasteiger partial charge in [-0.05, 0) is 24.9 Å². The van der Waals surface area contributed by atoms with E-state index in [1.165, 1.54) is 11.3 Å². The Balaban J connectivity index is 2.65. The van der Waals surface area contributed by atoms with Crippen LogP contribution in [0.5, 0.6) is 0 Å². The van der Waals surface area contributed by atoms with Gasteiger partial charge in [0, 0.05) is 18.0 Å². The van der Waals surface area contributed by atoms with Crippen molar-refractivity contribution in [2.24, 2.45) is 0 Å². The Kier molecular flexibility index (Phi) is 6.11. The van der Waals surface area contributed by atoms with Crippen molar-refractivity contribution in [2.75, 3.05) is 13.6 Å². The van der Waals surface area contributed by atoms with Crippen molar-refractivity contribution in [3.8, 4) is 0 Å². The third-order valence-corrected chi connectivity index (χ3v) is 5.00. The highest BCUT2D eigenvalue weighted by Crippen LogP contribution is 2.21. The number of unbranched alkanes of at least 4 members (excludes halogenated alkanes) is 2. The second-order valence-electron chi connectivity index (χ2n) is 3.84. The van der Waals surface area contributed by atoms with Crippen molar-refractivity contribution in [3.63, 3.8) is 0 Å². The molecule has 1 heterocycles. The van der Waals surface area contributed by atoms with Gasteiger partial charge in [0.1, 0.15) is 0 Å². The third kappa shape index (κ3) is 4.39. The summed E-state index contributed by atoms with van der Waals surface area (Å²) in [5.74, 6) is 0. The van der Waals surface area contributed by atoms with Gasteiger partial charge in [0.05, 0.1) is 4.90 Å². The van der Waals surface area contributed by atoms with Crippen LogP contribution in [0.2, 0.25) is 0 Å². The predicted octanol–water partition coefficient (Wildman–Crippen LogP) is 1.94. The van der Waals surface area contributed by atoms with E-state index in [0.29, 0.717) is 18.0 Å². The number of rotatable bonds is 8. The van der Waals surface area contributed by atoms with Crippen LogP contribution in [0.1, 0.15) is 31.1 Å². The molecule has 1 aromatic rings. The summed E-state index contributed by atoms with van der Waals surface area (Å²) in [6.45, 7) is 3.20. The Morgan fingerprint density at radius 2 is 2.12 bits per heavy atom. The molecule has 17 heavy (non-hydrogen) atoms. The van der Waals surface area contributed by atoms with E-state index in [0.717, 1.165) is 24.1 Å². The minimum absolute atomic E-state index is 0.411. The zero-order valence-corrected chi connectivity index (χ0v) is 12.0. The first-order chi connectivity index (χ1) is 8.11. The number of hydrogen-bond acceptors (Lipinski definition) is 4. The zero-order chi connectivity index (χ0) is 12.7. The molecule has 0 fully saturated rings. The van der Waals surface area contributed by atoms with E-state index in [-0.39, 0.29) is 0 Å². The SMILES string of the molecule is CCCCCNS(=O)(=O)c1ccsc1CNC. The number of hydrogen-bond donors (Lipinski definition) is 2. The molecule has 0 radical (unpaired) electrons. The summed E-state index contributed by atoms with van der Waals surface area (Å²) in [5, 5.41) is 4.79. The molecule has 0 aliphatic carbocycles. The van der Waals surface area contributed by atoms with Gasteiger partial charge in [-0.2, -0.15) is 0 Å². The maximum absolute atomic E-state index is 12.0. The van der Waals surface area contributed by atoms with Crippen LogP contribution in [0.15, 0.2) is 16.3 Å². The van der Waals surface area contributed by atoms with E-state index in [1.54, 1.807) is 6.07 Å². The van der Waals surface area contributed by atoms with Gasteiger partial charge < -0.3 is 5.32 Å². The van der Waals surface area contributed by atoms with Crippen LogP contribution in [0.3, 0.4) is 0 Å². The molecule has 4 nitrogen and oxygen atoms in total. The lowest BCUT2D eigenvalue weighted by molar-refractivity contribution is 0.575. The smallest absolute Gasteiger partial charge is 0.241 e. The molecule has 98 valence electrons. The summed E-state index contributed by atoms with van der Waals surface area (Å²) < 4.78 is 26.7. The molecule has 0 spiro atoms. The van der Waals surface area contributed by atoms with E-state index in [1.807, 2.05) is 12.4 Å². The van der Waals surface area contributed by atoms with Gasteiger partial charge in [0.25, 0.3) is 0 Å². The summed E-state index contributed by atoms with van der Waals surface area (Å²) >= 11 is 1.46. The first-order valence-electron chi connectivity index (χ1n) is 5.82. The molecule has 0 saturated carbocycles. The van der Waals surface area contributed by atoms with Crippen LogP contribution >= 0.6 is 11.3 Å². The minimum Gasteiger partial charge on any atom is -0.315 e. The van der Waals surface area contributed by atoms with Crippen molar-refractivity contribution in [3.05, 3.63) is 16.3 Å². The Morgan fingerprint density at radius 3 is 2.76 bits per heavy atom. The first kappa shape index (κ1) is 14.6. The fraction of sp³-hybridized carbons (Fsp3) is 0.636. The fourth-order valence-electron chi connectivity index (χ4n) is 1.52. The van der Waals surface area contributed by atoms with Crippen molar-refractivity contribution in [1.29, 1.82) is 0 Å². The highest BCUT2D eigenvalue weighted by Gasteiger charge is 2.18. The van der Waals surface area contributed by atoms with Crippen LogP contribution in [0, 0.1) is 0 Å². The average Bonchev–Trinajstić information content (AvgIpc) is 2.74. The van der Waals surface area contributed by atoms with Crippen LogP contribution in [-0.4, -0.2) is 22.0 Å². The van der Waals surface area contributed by atoms with E-state index >= 15 is 0 Å². The van der Waals surface area contributed by atoms with Crippen LogP contribution < -0.4 is 10.0 Å². The van der Waals surface area contributed by atoms with E-state index in [2.05, 4.69) is 17.0 Å². The topological polar surface area (TPSA) is 58.2 Å². The van der Waals surface area contributed by atoms with Gasteiger partial charge in [-0.1, -0.05) is 19.8 Å². The molecule has 1 rings (SSSR count). The summed E-state index contributed by atoms with van der Waals surface area (Å²) in [6.07, 6.45) is 3.03. The second kappa shape index (κ2) is 7.10. The monoisotopic (exact) mass is 276 g/mol. The maximum Gasteiger partial charge on any atom is 0.241 e. The minimum atomic E-state index is -3.33. The van der Waals surface area contributed by atoms with Gasteiger partial charge in [-0.25, -0.2) is 13.1 Å². The van der Waals surface area contributed by atoms with E-state index < -0.39 is 10.0 Å². The van der Waals surface area contributed by atoms with Crippen molar-refractivity contribution in [1.82, 2.24) is 10.0 Å². The second-order valence-corrected chi connectivity index (χ2v) is 6.58. The van der Waals surface area contributed by atoms with Gasteiger partial charge in [0.15, 0.2) is 0 Å². The predicted molar refractivity (Wildman–Crippen MR) is 71.8 cm³/mol. The largest absolute Gasteiger partial charge is 0.315 e. The lowest BCUT2D eigenvalue weighted by Gasteiger charge is -2.07. The Labute approximate surface area is 107 Å². The van der Waals surface area contributed by atoms with Gasteiger partial charge >= 0.3 is 0 Å². The standard InChI is InChI=1S/C11H20N2O2S2/c1-3-4-5-7-13-17(14,15)11-6-8-16-10(11)9-12-2/h6,8,12-13H,3-5,7,9H2,1-2H3. The molecule has 0 bridgehead atoms. The highest BCUT2D eigenvalue weighted by molar-refractivity contribution is 7.89. The summed E-state index contributed by atoms with van der Waals surface area (Å²) in [5.41, 5.74) is 0. The lowest BCUT2D eigenvalue weighted by atomic mass is 10.3. The van der Waals surface area contributed by atoms with Crippen LogP contribution in [0.4, 0.5) is 0 Å². The first-order valence-corrected chi connectivity index (χ1v) is 8.18. The number of nitrogens with one attached hydrogen (secondary N) is 2. The average molecular weight is 276 g/mol. The van der Waals surface area contributed by atoms with Crippen LogP contribution in [0.25, 0.3) is 0 Å². The highest BCUT2D eigenvalue weighted by atomic mass is 32.2. The Morgan fingerprint density at radius 1 is 1.35 bits per heavy atom. The van der Waals surface area contributed by atoms with Gasteiger partial charge in [-0.3, -0.25) is 0 Å². The fourth-order valence-corrected chi connectivity index (χ4v) is 4.04. The number of sulfonamides is 1. The molecule has 0 aliphatic rings. The van der Waals surface area contributed by atoms with E-state index in [4.69, 9.17) is 0 Å². The molecule has 0 aromatic carbocycles. The molecule has 2 N–H and O–H groups in total. The Hall–Kier alpha value is -0.430. The quantitative estimate of drug-likeness (QED) is 0.713. The van der Waals surface area contributed by atoms with Crippen molar-refractivity contribution in [2.45, 2.75) is 37.6 Å². The lowest BCUT2D eigenvalue weighted by Crippen LogP contribution is -2.25. The van der Waals surface area contributed by atoms with Crippen LogP contribution in [-0.2, 0) is 16.6 Å². The molecule has 0 saturated heterocycles. The summed E-state index contributed by atoms with van der Waals surface area (Å²) in [6, 6.07) is 1.67. The third-order valence-electron chi connectivity index (χ3n) is 2.40. The molecule has 0 amide bonds. The molecule has 0 aliphatic heterocycles. The van der Waals surface area contributed by atoms with Gasteiger partial charge in [0.2, 0.25) is 10.0 Å². The van der Waals surface area contributed by atoms with Gasteiger partial charge in [-0.15, -0.1) is 11.3 Å². The normalized spacial score (nSPS) is 11.9. The maximum atomic E-state index is 12.0. The number of thiophene rings is 1. The van der Waals surface area contributed by atoms with Crippen molar-refractivity contribution >= 4 is 21.4 Å². The molecule has 0 unspecified atom stereocenters. The molecular formula is C11H20N2O2S2. The molecule has 1 aromatic heterocycles. The summed E-state index contributed by atoms with van der Waals surface area (Å²) in [4.78, 5) is 1.27. The zero-order valence-electron chi connectivity index (χ0n) is 10.3. The Bertz CT molecular complexity index is 426. The van der Waals surface area contributed by atoms with Crippen molar-refractivity contribution < 1.29 is 8.42 Å². The molecule has 0 atom stereocenters. The van der Waals surface area contributed by atoms with E-state index in [9.17, 15) is 8.42 Å². The summed E-state index contributed by atoms with van der Waals surface area (Å²) in [7, 11) is -1.52.